The van der Waals surface area contributed by atoms with Crippen LogP contribution in [0.15, 0.2) is 55.1 Å². The highest BCUT2D eigenvalue weighted by Crippen LogP contribution is 2.25. The Bertz CT molecular complexity index is 905. The number of anilines is 1. The second kappa shape index (κ2) is 8.07. The molecule has 0 spiro atoms. The number of amides is 1. The van der Waals surface area contributed by atoms with Crippen LogP contribution in [0.2, 0.25) is 0 Å². The summed E-state index contributed by atoms with van der Waals surface area (Å²) in [4.78, 5) is 16.1. The van der Waals surface area contributed by atoms with E-state index in [1.165, 1.54) is 12.1 Å². The van der Waals surface area contributed by atoms with Gasteiger partial charge in [-0.15, -0.1) is 10.2 Å². The van der Waals surface area contributed by atoms with Gasteiger partial charge in [0.15, 0.2) is 0 Å². The number of pyridine rings is 1. The van der Waals surface area contributed by atoms with Crippen LogP contribution in [0.5, 0.6) is 0 Å². The lowest BCUT2D eigenvalue weighted by Crippen LogP contribution is -2.15. The Labute approximate surface area is 162 Å². The molecule has 10 heteroatoms. The van der Waals surface area contributed by atoms with Crippen LogP contribution in [0.3, 0.4) is 0 Å². The Balaban J connectivity index is 1.58. The first-order chi connectivity index (χ1) is 12.0. The van der Waals surface area contributed by atoms with Crippen LogP contribution in [0, 0.1) is 5.82 Å². The standard InChI is InChI=1S/C15H9Br2FN4O2S/c16-9-5-11(17)13(19-6-9)20-12(23)7-25-15-22-21-14(24-15)8-1-3-10(18)4-2-8/h1-6H,7H2,(H,19,20,23). The van der Waals surface area contributed by atoms with E-state index in [2.05, 4.69) is 52.4 Å². The van der Waals surface area contributed by atoms with Gasteiger partial charge in [0.1, 0.15) is 11.6 Å². The van der Waals surface area contributed by atoms with E-state index in [9.17, 15) is 9.18 Å². The van der Waals surface area contributed by atoms with Gasteiger partial charge in [0, 0.05) is 16.2 Å². The molecule has 3 rings (SSSR count). The molecule has 0 aliphatic carbocycles. The van der Waals surface area contributed by atoms with Crippen molar-refractivity contribution in [1.82, 2.24) is 15.2 Å². The van der Waals surface area contributed by atoms with E-state index in [0.717, 1.165) is 16.2 Å². The van der Waals surface area contributed by atoms with Gasteiger partial charge in [-0.25, -0.2) is 9.37 Å². The van der Waals surface area contributed by atoms with Gasteiger partial charge in [-0.1, -0.05) is 11.8 Å². The maximum Gasteiger partial charge on any atom is 0.277 e. The first-order valence-corrected chi connectivity index (χ1v) is 9.41. The summed E-state index contributed by atoms with van der Waals surface area (Å²) >= 11 is 7.71. The number of nitrogens with one attached hydrogen (secondary N) is 1. The monoisotopic (exact) mass is 486 g/mol. The Hall–Kier alpha value is -1.78. The third-order valence-corrected chi connectivity index (χ3v) is 4.75. The van der Waals surface area contributed by atoms with E-state index < -0.39 is 0 Å². The molecule has 0 radical (unpaired) electrons. The summed E-state index contributed by atoms with van der Waals surface area (Å²) in [7, 11) is 0. The molecule has 128 valence electrons. The van der Waals surface area contributed by atoms with Crippen LogP contribution in [0.25, 0.3) is 11.5 Å². The molecule has 3 aromatic rings. The largest absolute Gasteiger partial charge is 0.411 e. The van der Waals surface area contributed by atoms with E-state index in [1.807, 2.05) is 0 Å². The molecule has 0 aliphatic rings. The molecule has 6 nitrogen and oxygen atoms in total. The van der Waals surface area contributed by atoms with Crippen molar-refractivity contribution < 1.29 is 13.6 Å². The second-order valence-corrected chi connectivity index (χ2v) is 7.40. The average Bonchev–Trinajstić information content (AvgIpc) is 3.05. The lowest BCUT2D eigenvalue weighted by Gasteiger charge is -2.05. The molecule has 1 aromatic carbocycles. The van der Waals surface area contributed by atoms with Crippen molar-refractivity contribution in [2.24, 2.45) is 0 Å². The van der Waals surface area contributed by atoms with E-state index in [-0.39, 0.29) is 28.6 Å². The van der Waals surface area contributed by atoms with Crippen LogP contribution in [0.4, 0.5) is 10.2 Å². The maximum atomic E-state index is 12.9. The summed E-state index contributed by atoms with van der Waals surface area (Å²) in [5.41, 5.74) is 0.605. The van der Waals surface area contributed by atoms with Gasteiger partial charge in [-0.05, 0) is 62.2 Å². The van der Waals surface area contributed by atoms with Crippen LogP contribution in [-0.2, 0) is 4.79 Å². The van der Waals surface area contributed by atoms with E-state index in [0.29, 0.717) is 15.9 Å². The first-order valence-electron chi connectivity index (χ1n) is 6.84. The van der Waals surface area contributed by atoms with Crippen LogP contribution in [0.1, 0.15) is 0 Å². The molecule has 0 fully saturated rings. The van der Waals surface area contributed by atoms with Crippen molar-refractivity contribution in [2.75, 3.05) is 11.1 Å². The summed E-state index contributed by atoms with van der Waals surface area (Å²) in [5, 5.41) is 10.7. The average molecular weight is 488 g/mol. The van der Waals surface area contributed by atoms with Crippen molar-refractivity contribution in [3.05, 3.63) is 51.3 Å². The quantitative estimate of drug-likeness (QED) is 0.532. The Morgan fingerprint density at radius 3 is 2.72 bits per heavy atom. The number of benzene rings is 1. The molecule has 0 saturated heterocycles. The number of rotatable bonds is 5. The Morgan fingerprint density at radius 2 is 2.00 bits per heavy atom. The summed E-state index contributed by atoms with van der Waals surface area (Å²) in [6, 6.07) is 7.48. The first kappa shape index (κ1) is 18.0. The summed E-state index contributed by atoms with van der Waals surface area (Å²) in [6.45, 7) is 0. The minimum absolute atomic E-state index is 0.0786. The third kappa shape index (κ3) is 4.86. The normalized spacial score (nSPS) is 10.7. The van der Waals surface area contributed by atoms with Gasteiger partial charge in [-0.2, -0.15) is 0 Å². The molecule has 0 bridgehead atoms. The molecule has 1 N–H and O–H groups in total. The predicted molar refractivity (Wildman–Crippen MR) is 98.7 cm³/mol. The highest BCUT2D eigenvalue weighted by Gasteiger charge is 2.13. The molecular weight excluding hydrogens is 479 g/mol. The van der Waals surface area contributed by atoms with E-state index in [1.54, 1.807) is 24.4 Å². The molecule has 2 aromatic heterocycles. The highest BCUT2D eigenvalue weighted by atomic mass is 79.9. The third-order valence-electron chi connectivity index (χ3n) is 2.89. The number of carbonyl (C=O) groups excluding carboxylic acids is 1. The minimum atomic E-state index is -0.345. The van der Waals surface area contributed by atoms with Crippen molar-refractivity contribution in [3.8, 4) is 11.5 Å². The second-order valence-electron chi connectivity index (χ2n) is 4.70. The Kier molecular flexibility index (Phi) is 5.82. The van der Waals surface area contributed by atoms with Gasteiger partial charge < -0.3 is 9.73 Å². The molecular formula is C15H9Br2FN4O2S. The minimum Gasteiger partial charge on any atom is -0.411 e. The number of nitrogens with zero attached hydrogens (tertiary/aromatic N) is 3. The SMILES string of the molecule is O=C(CSc1nnc(-c2ccc(F)cc2)o1)Nc1ncc(Br)cc1Br. The number of carbonyl (C=O) groups is 1. The fourth-order valence-electron chi connectivity index (χ4n) is 1.78. The van der Waals surface area contributed by atoms with Gasteiger partial charge in [-0.3, -0.25) is 4.79 Å². The van der Waals surface area contributed by atoms with Gasteiger partial charge in [0.05, 0.1) is 10.2 Å². The number of hydrogen-bond donors (Lipinski definition) is 1. The fourth-order valence-corrected chi connectivity index (χ4v) is 3.43. The predicted octanol–water partition coefficient (Wildman–Crippen LogP) is 4.53. The van der Waals surface area contributed by atoms with Crippen molar-refractivity contribution >= 4 is 55.3 Å². The Morgan fingerprint density at radius 1 is 1.24 bits per heavy atom. The van der Waals surface area contributed by atoms with Crippen molar-refractivity contribution in [2.45, 2.75) is 5.22 Å². The smallest absolute Gasteiger partial charge is 0.277 e. The van der Waals surface area contributed by atoms with E-state index >= 15 is 0 Å². The summed E-state index contributed by atoms with van der Waals surface area (Å²) in [6.07, 6.45) is 1.58. The molecule has 0 aliphatic heterocycles. The molecule has 1 amide bonds. The fraction of sp³-hybridized carbons (Fsp3) is 0.0667. The summed E-state index contributed by atoms with van der Waals surface area (Å²) < 4.78 is 19.8. The molecule has 0 atom stereocenters. The molecule has 0 unspecified atom stereocenters. The number of hydrogen-bond acceptors (Lipinski definition) is 6. The zero-order valence-electron chi connectivity index (χ0n) is 12.4. The lowest BCUT2D eigenvalue weighted by molar-refractivity contribution is -0.113. The number of aromatic nitrogens is 3. The van der Waals surface area contributed by atoms with Crippen molar-refractivity contribution in [3.63, 3.8) is 0 Å². The zero-order valence-corrected chi connectivity index (χ0v) is 16.4. The topological polar surface area (TPSA) is 80.9 Å². The highest BCUT2D eigenvalue weighted by molar-refractivity contribution is 9.11. The van der Waals surface area contributed by atoms with E-state index in [4.69, 9.17) is 4.42 Å². The number of thioether (sulfide) groups is 1. The van der Waals surface area contributed by atoms with Gasteiger partial charge in [0.2, 0.25) is 11.8 Å². The van der Waals surface area contributed by atoms with Gasteiger partial charge in [0.25, 0.3) is 5.22 Å². The maximum absolute atomic E-state index is 12.9. The lowest BCUT2D eigenvalue weighted by atomic mass is 10.2. The van der Waals surface area contributed by atoms with Crippen LogP contribution in [-0.4, -0.2) is 26.8 Å². The molecule has 2 heterocycles. The molecule has 0 saturated carbocycles. The summed E-state index contributed by atoms with van der Waals surface area (Å²) in [5.74, 6) is 0.158. The van der Waals surface area contributed by atoms with Crippen LogP contribution < -0.4 is 5.32 Å². The van der Waals surface area contributed by atoms with Crippen LogP contribution >= 0.6 is 43.6 Å². The molecule has 25 heavy (non-hydrogen) atoms. The van der Waals surface area contributed by atoms with Crippen molar-refractivity contribution in [1.29, 1.82) is 0 Å². The van der Waals surface area contributed by atoms with Gasteiger partial charge >= 0.3 is 0 Å². The number of halogens is 3. The zero-order chi connectivity index (χ0) is 17.8.